The molecule has 0 atom stereocenters. The Labute approximate surface area is 147 Å². The Hall–Kier alpha value is -2.21. The molecule has 0 spiro atoms. The fourth-order valence-electron chi connectivity index (χ4n) is 2.97. The number of amides is 1. The van der Waals surface area contributed by atoms with Crippen LogP contribution in [-0.2, 0) is 14.6 Å². The average Bonchev–Trinajstić information content (AvgIpc) is 2.50. The second kappa shape index (κ2) is 6.26. The maximum absolute atomic E-state index is 13.7. The highest BCUT2D eigenvalue weighted by atomic mass is 32.2. The molecule has 1 N–H and O–H groups in total. The van der Waals surface area contributed by atoms with E-state index in [1.54, 1.807) is 31.2 Å². The lowest BCUT2D eigenvalue weighted by atomic mass is 9.83. The van der Waals surface area contributed by atoms with Crippen LogP contribution >= 0.6 is 0 Å². The SMILES string of the molecule is Cc1ccc(S(=O)(=O)C2(C(=O)Nc3ccc(C)c(F)c3)CCC2)cc1. The summed E-state index contributed by atoms with van der Waals surface area (Å²) in [7, 11) is -3.82. The Morgan fingerprint density at radius 2 is 1.72 bits per heavy atom. The summed E-state index contributed by atoms with van der Waals surface area (Å²) in [5, 5.41) is 2.58. The van der Waals surface area contributed by atoms with Crippen molar-refractivity contribution in [3.05, 3.63) is 59.4 Å². The predicted octanol–water partition coefficient (Wildman–Crippen LogP) is 3.78. The molecule has 1 fully saturated rings. The molecule has 0 radical (unpaired) electrons. The summed E-state index contributed by atoms with van der Waals surface area (Å²) in [4.78, 5) is 12.9. The summed E-state index contributed by atoms with van der Waals surface area (Å²) in [5.74, 6) is -1.04. The van der Waals surface area contributed by atoms with Crippen LogP contribution in [-0.4, -0.2) is 19.1 Å². The number of hydrogen-bond donors (Lipinski definition) is 1. The minimum absolute atomic E-state index is 0.142. The smallest absolute Gasteiger partial charge is 0.246 e. The van der Waals surface area contributed by atoms with Gasteiger partial charge in [-0.25, -0.2) is 12.8 Å². The third kappa shape index (κ3) is 2.95. The highest BCUT2D eigenvalue weighted by Gasteiger charge is 2.55. The van der Waals surface area contributed by atoms with Gasteiger partial charge in [-0.15, -0.1) is 0 Å². The maximum Gasteiger partial charge on any atom is 0.246 e. The summed E-state index contributed by atoms with van der Waals surface area (Å²) >= 11 is 0. The summed E-state index contributed by atoms with van der Waals surface area (Å²) in [6, 6.07) is 10.8. The van der Waals surface area contributed by atoms with Crippen LogP contribution in [0.5, 0.6) is 0 Å². The van der Waals surface area contributed by atoms with Crippen molar-refractivity contribution in [3.63, 3.8) is 0 Å². The van der Waals surface area contributed by atoms with Crippen LogP contribution in [0.4, 0.5) is 10.1 Å². The van der Waals surface area contributed by atoms with Crippen LogP contribution in [0.15, 0.2) is 47.4 Å². The van der Waals surface area contributed by atoms with E-state index in [4.69, 9.17) is 0 Å². The Bertz CT molecular complexity index is 916. The molecule has 132 valence electrons. The van der Waals surface area contributed by atoms with Crippen LogP contribution in [0, 0.1) is 19.7 Å². The molecule has 0 aliphatic heterocycles. The van der Waals surface area contributed by atoms with Crippen molar-refractivity contribution in [3.8, 4) is 0 Å². The first-order chi connectivity index (χ1) is 11.8. The Morgan fingerprint density at radius 1 is 1.08 bits per heavy atom. The van der Waals surface area contributed by atoms with Crippen molar-refractivity contribution in [2.75, 3.05) is 5.32 Å². The molecule has 0 saturated heterocycles. The van der Waals surface area contributed by atoms with E-state index in [2.05, 4.69) is 5.32 Å². The van der Waals surface area contributed by atoms with E-state index in [0.717, 1.165) is 5.56 Å². The van der Waals surface area contributed by atoms with Crippen LogP contribution < -0.4 is 5.32 Å². The molecular weight excluding hydrogens is 341 g/mol. The first-order valence-corrected chi connectivity index (χ1v) is 9.63. The first kappa shape index (κ1) is 17.6. The fraction of sp³-hybridized carbons (Fsp3) is 0.316. The molecule has 0 bridgehead atoms. The number of carbonyl (C=O) groups is 1. The second-order valence-electron chi connectivity index (χ2n) is 6.58. The number of carbonyl (C=O) groups excluding carboxylic acids is 1. The normalized spacial score (nSPS) is 16.1. The number of rotatable bonds is 4. The predicted molar refractivity (Wildman–Crippen MR) is 94.7 cm³/mol. The highest BCUT2D eigenvalue weighted by Crippen LogP contribution is 2.43. The summed E-state index contributed by atoms with van der Waals surface area (Å²) in [6.45, 7) is 3.49. The van der Waals surface area contributed by atoms with Crippen LogP contribution in [0.2, 0.25) is 0 Å². The van der Waals surface area contributed by atoms with E-state index in [9.17, 15) is 17.6 Å². The molecule has 25 heavy (non-hydrogen) atoms. The van der Waals surface area contributed by atoms with Crippen LogP contribution in [0.3, 0.4) is 0 Å². The van der Waals surface area contributed by atoms with Gasteiger partial charge in [-0.1, -0.05) is 23.8 Å². The number of halogens is 1. The van der Waals surface area contributed by atoms with Crippen molar-refractivity contribution < 1.29 is 17.6 Å². The fourth-order valence-corrected chi connectivity index (χ4v) is 5.04. The third-order valence-electron chi connectivity index (χ3n) is 4.85. The minimum atomic E-state index is -3.82. The monoisotopic (exact) mass is 361 g/mol. The number of aryl methyl sites for hydroxylation is 2. The van der Waals surface area contributed by atoms with E-state index < -0.39 is 26.3 Å². The zero-order chi connectivity index (χ0) is 18.2. The van der Waals surface area contributed by atoms with E-state index in [0.29, 0.717) is 12.0 Å². The molecule has 1 aliphatic rings. The van der Waals surface area contributed by atoms with Crippen molar-refractivity contribution in [2.45, 2.75) is 42.8 Å². The molecule has 6 heteroatoms. The zero-order valence-electron chi connectivity index (χ0n) is 14.2. The molecule has 0 unspecified atom stereocenters. The summed E-state index contributed by atoms with van der Waals surface area (Å²) < 4.78 is 38.3. The standard InChI is InChI=1S/C19H20FNO3S/c1-13-4-8-16(9-5-13)25(23,24)19(10-3-11-19)18(22)21-15-7-6-14(2)17(20)12-15/h4-9,12H,3,10-11H2,1-2H3,(H,21,22). The van der Waals surface area contributed by atoms with Crippen LogP contribution in [0.25, 0.3) is 0 Å². The van der Waals surface area contributed by atoms with Gasteiger partial charge in [0.1, 0.15) is 5.82 Å². The summed E-state index contributed by atoms with van der Waals surface area (Å²) in [6.07, 6.45) is 1.20. The molecule has 3 rings (SSSR count). The molecular formula is C19H20FNO3S. The third-order valence-corrected chi connectivity index (χ3v) is 7.37. The molecule has 0 aromatic heterocycles. The first-order valence-electron chi connectivity index (χ1n) is 8.15. The van der Waals surface area contributed by atoms with E-state index >= 15 is 0 Å². The lowest BCUT2D eigenvalue weighted by molar-refractivity contribution is -0.120. The summed E-state index contributed by atoms with van der Waals surface area (Å²) in [5.41, 5.74) is 1.67. The average molecular weight is 361 g/mol. The van der Waals surface area contributed by atoms with Crippen molar-refractivity contribution in [1.29, 1.82) is 0 Å². The van der Waals surface area contributed by atoms with E-state index in [-0.39, 0.29) is 23.4 Å². The molecule has 1 amide bonds. The van der Waals surface area contributed by atoms with Gasteiger partial charge in [-0.2, -0.15) is 0 Å². The molecule has 2 aromatic carbocycles. The Kier molecular flexibility index (Phi) is 4.41. The molecule has 0 heterocycles. The lowest BCUT2D eigenvalue weighted by Crippen LogP contribution is -2.54. The van der Waals surface area contributed by atoms with E-state index in [1.807, 2.05) is 6.92 Å². The number of benzene rings is 2. The quantitative estimate of drug-likeness (QED) is 0.901. The van der Waals surface area contributed by atoms with Gasteiger partial charge >= 0.3 is 0 Å². The van der Waals surface area contributed by atoms with Crippen molar-refractivity contribution >= 4 is 21.4 Å². The Balaban J connectivity index is 1.92. The van der Waals surface area contributed by atoms with Gasteiger partial charge in [0.2, 0.25) is 5.91 Å². The number of sulfone groups is 1. The van der Waals surface area contributed by atoms with Crippen molar-refractivity contribution in [1.82, 2.24) is 0 Å². The van der Waals surface area contributed by atoms with Gasteiger partial charge in [-0.05, 0) is 62.9 Å². The van der Waals surface area contributed by atoms with Gasteiger partial charge < -0.3 is 5.32 Å². The van der Waals surface area contributed by atoms with Gasteiger partial charge in [0, 0.05) is 5.69 Å². The van der Waals surface area contributed by atoms with Gasteiger partial charge in [0.05, 0.1) is 4.90 Å². The maximum atomic E-state index is 13.7. The van der Waals surface area contributed by atoms with E-state index in [1.165, 1.54) is 18.2 Å². The number of anilines is 1. The lowest BCUT2D eigenvalue weighted by Gasteiger charge is -2.39. The molecule has 1 aliphatic carbocycles. The van der Waals surface area contributed by atoms with Gasteiger partial charge in [-0.3, -0.25) is 4.79 Å². The molecule has 2 aromatic rings. The van der Waals surface area contributed by atoms with Crippen LogP contribution in [0.1, 0.15) is 30.4 Å². The zero-order valence-corrected chi connectivity index (χ0v) is 15.0. The second-order valence-corrected chi connectivity index (χ2v) is 8.84. The van der Waals surface area contributed by atoms with Gasteiger partial charge in [0.15, 0.2) is 14.6 Å². The highest BCUT2D eigenvalue weighted by molar-refractivity contribution is 7.93. The van der Waals surface area contributed by atoms with Gasteiger partial charge in [0.25, 0.3) is 0 Å². The molecule has 4 nitrogen and oxygen atoms in total. The van der Waals surface area contributed by atoms with Crippen molar-refractivity contribution in [2.24, 2.45) is 0 Å². The topological polar surface area (TPSA) is 63.2 Å². The largest absolute Gasteiger partial charge is 0.325 e. The number of nitrogens with one attached hydrogen (secondary N) is 1. The number of hydrogen-bond acceptors (Lipinski definition) is 3. The molecule has 1 saturated carbocycles. The minimum Gasteiger partial charge on any atom is -0.325 e. The Morgan fingerprint density at radius 3 is 2.24 bits per heavy atom.